The highest BCUT2D eigenvalue weighted by Crippen LogP contribution is 2.26. The average molecular weight is 268 g/mol. The van der Waals surface area contributed by atoms with Crippen LogP contribution in [0.5, 0.6) is 0 Å². The van der Waals surface area contributed by atoms with Gasteiger partial charge in [0.05, 0.1) is 0 Å². The molecule has 0 bridgehead atoms. The lowest BCUT2D eigenvalue weighted by Gasteiger charge is -2.29. The van der Waals surface area contributed by atoms with Crippen LogP contribution in [0.1, 0.15) is 42.1 Å². The van der Waals surface area contributed by atoms with Crippen LogP contribution in [0.3, 0.4) is 0 Å². The van der Waals surface area contributed by atoms with E-state index < -0.39 is 0 Å². The monoisotopic (exact) mass is 268 g/mol. The standard InChI is InChI=1S/C15H28N2S/c1-10(2)15(9-17(6)7)16-12(4)14-8-11(3)18-13(14)5/h8,10,12,15-16H,9H2,1-7H3. The van der Waals surface area contributed by atoms with Crippen molar-refractivity contribution >= 4 is 11.3 Å². The summed E-state index contributed by atoms with van der Waals surface area (Å²) in [6.07, 6.45) is 0. The van der Waals surface area contributed by atoms with Crippen molar-refractivity contribution in [3.63, 3.8) is 0 Å². The van der Waals surface area contributed by atoms with Gasteiger partial charge in [0, 0.05) is 28.4 Å². The minimum Gasteiger partial charge on any atom is -0.308 e. The van der Waals surface area contributed by atoms with Gasteiger partial charge in [0.15, 0.2) is 0 Å². The van der Waals surface area contributed by atoms with Crippen LogP contribution in [0.2, 0.25) is 0 Å². The smallest absolute Gasteiger partial charge is 0.0306 e. The van der Waals surface area contributed by atoms with Gasteiger partial charge in [-0.2, -0.15) is 0 Å². The molecule has 104 valence electrons. The maximum atomic E-state index is 3.78. The van der Waals surface area contributed by atoms with E-state index in [0.717, 1.165) is 6.54 Å². The SMILES string of the molecule is Cc1cc(C(C)NC(CN(C)C)C(C)C)c(C)s1. The molecule has 1 rings (SSSR count). The summed E-state index contributed by atoms with van der Waals surface area (Å²) in [5.74, 6) is 0.648. The summed E-state index contributed by atoms with van der Waals surface area (Å²) in [5, 5.41) is 3.78. The van der Waals surface area contributed by atoms with E-state index in [9.17, 15) is 0 Å². The molecule has 3 heteroatoms. The van der Waals surface area contributed by atoms with Gasteiger partial charge in [0.1, 0.15) is 0 Å². The molecule has 0 aliphatic carbocycles. The van der Waals surface area contributed by atoms with Crippen molar-refractivity contribution in [3.05, 3.63) is 21.4 Å². The maximum Gasteiger partial charge on any atom is 0.0306 e. The zero-order valence-electron chi connectivity index (χ0n) is 12.9. The molecule has 2 unspecified atom stereocenters. The highest BCUT2D eigenvalue weighted by molar-refractivity contribution is 7.12. The van der Waals surface area contributed by atoms with E-state index in [2.05, 4.69) is 65.0 Å². The molecule has 1 aromatic heterocycles. The summed E-state index contributed by atoms with van der Waals surface area (Å²) >= 11 is 1.90. The zero-order chi connectivity index (χ0) is 13.9. The quantitative estimate of drug-likeness (QED) is 0.848. The van der Waals surface area contributed by atoms with Gasteiger partial charge in [-0.3, -0.25) is 0 Å². The third-order valence-corrected chi connectivity index (χ3v) is 4.36. The van der Waals surface area contributed by atoms with Gasteiger partial charge in [-0.15, -0.1) is 11.3 Å². The summed E-state index contributed by atoms with van der Waals surface area (Å²) in [4.78, 5) is 5.11. The molecule has 1 N–H and O–H groups in total. The Hall–Kier alpha value is -0.380. The molecular formula is C15H28N2S. The van der Waals surface area contributed by atoms with Crippen molar-refractivity contribution < 1.29 is 0 Å². The van der Waals surface area contributed by atoms with Gasteiger partial charge in [-0.1, -0.05) is 13.8 Å². The largest absolute Gasteiger partial charge is 0.308 e. The molecule has 0 aliphatic rings. The predicted molar refractivity (Wildman–Crippen MR) is 82.5 cm³/mol. The molecule has 0 fully saturated rings. The second kappa shape index (κ2) is 6.69. The number of likely N-dealkylation sites (N-methyl/N-ethyl adjacent to an activating group) is 1. The van der Waals surface area contributed by atoms with E-state index in [0.29, 0.717) is 18.0 Å². The molecule has 0 radical (unpaired) electrons. The number of nitrogens with zero attached hydrogens (tertiary/aromatic N) is 1. The highest BCUT2D eigenvalue weighted by atomic mass is 32.1. The number of thiophene rings is 1. The van der Waals surface area contributed by atoms with Crippen molar-refractivity contribution in [2.24, 2.45) is 5.92 Å². The maximum absolute atomic E-state index is 3.78. The number of nitrogens with one attached hydrogen (secondary N) is 1. The Labute approximate surface area is 116 Å². The zero-order valence-corrected chi connectivity index (χ0v) is 13.7. The first-order valence-corrected chi connectivity index (χ1v) is 7.60. The van der Waals surface area contributed by atoms with E-state index in [4.69, 9.17) is 0 Å². The summed E-state index contributed by atoms with van der Waals surface area (Å²) < 4.78 is 0. The van der Waals surface area contributed by atoms with Crippen molar-refractivity contribution in [1.82, 2.24) is 10.2 Å². The summed E-state index contributed by atoms with van der Waals surface area (Å²) in [6.45, 7) is 12.4. The fraction of sp³-hybridized carbons (Fsp3) is 0.733. The number of rotatable bonds is 6. The second-order valence-electron chi connectivity index (χ2n) is 5.87. The molecular weight excluding hydrogens is 240 g/mol. The average Bonchev–Trinajstić information content (AvgIpc) is 2.56. The third-order valence-electron chi connectivity index (χ3n) is 3.38. The first-order valence-electron chi connectivity index (χ1n) is 6.79. The van der Waals surface area contributed by atoms with Crippen LogP contribution in [0.15, 0.2) is 6.07 Å². The topological polar surface area (TPSA) is 15.3 Å². The normalized spacial score (nSPS) is 15.4. The molecule has 0 amide bonds. The van der Waals surface area contributed by atoms with Crippen LogP contribution in [0.4, 0.5) is 0 Å². The molecule has 1 aromatic rings. The van der Waals surface area contributed by atoms with Gasteiger partial charge in [-0.05, 0) is 52.4 Å². The van der Waals surface area contributed by atoms with Gasteiger partial charge in [-0.25, -0.2) is 0 Å². The van der Waals surface area contributed by atoms with Crippen LogP contribution >= 0.6 is 11.3 Å². The Morgan fingerprint density at radius 3 is 2.22 bits per heavy atom. The Morgan fingerprint density at radius 1 is 1.22 bits per heavy atom. The van der Waals surface area contributed by atoms with E-state index >= 15 is 0 Å². The molecule has 1 heterocycles. The van der Waals surface area contributed by atoms with Crippen LogP contribution in [-0.4, -0.2) is 31.6 Å². The van der Waals surface area contributed by atoms with E-state index in [1.54, 1.807) is 0 Å². The lowest BCUT2D eigenvalue weighted by molar-refractivity contribution is 0.273. The van der Waals surface area contributed by atoms with Gasteiger partial charge >= 0.3 is 0 Å². The molecule has 0 aliphatic heterocycles. The fourth-order valence-corrected chi connectivity index (χ4v) is 3.36. The van der Waals surface area contributed by atoms with E-state index in [1.165, 1.54) is 15.3 Å². The Bertz CT molecular complexity index is 369. The highest BCUT2D eigenvalue weighted by Gasteiger charge is 2.19. The van der Waals surface area contributed by atoms with Crippen LogP contribution in [0.25, 0.3) is 0 Å². The fourth-order valence-electron chi connectivity index (χ4n) is 2.34. The van der Waals surface area contributed by atoms with Crippen molar-refractivity contribution in [2.45, 2.75) is 46.7 Å². The first-order chi connectivity index (χ1) is 8.31. The number of hydrogen-bond acceptors (Lipinski definition) is 3. The van der Waals surface area contributed by atoms with Crippen LogP contribution in [0, 0.1) is 19.8 Å². The summed E-state index contributed by atoms with van der Waals surface area (Å²) in [6, 6.07) is 3.29. The summed E-state index contributed by atoms with van der Waals surface area (Å²) in [5.41, 5.74) is 1.46. The molecule has 0 aromatic carbocycles. The molecule has 2 atom stereocenters. The van der Waals surface area contributed by atoms with Gasteiger partial charge in [0.25, 0.3) is 0 Å². The number of hydrogen-bond donors (Lipinski definition) is 1. The first kappa shape index (κ1) is 15.7. The third kappa shape index (κ3) is 4.38. The summed E-state index contributed by atoms with van der Waals surface area (Å²) in [7, 11) is 4.28. The minimum atomic E-state index is 0.433. The Balaban J connectivity index is 2.72. The van der Waals surface area contributed by atoms with Crippen molar-refractivity contribution in [1.29, 1.82) is 0 Å². The second-order valence-corrected chi connectivity index (χ2v) is 7.33. The van der Waals surface area contributed by atoms with Crippen LogP contribution in [-0.2, 0) is 0 Å². The molecule has 0 saturated carbocycles. The van der Waals surface area contributed by atoms with Gasteiger partial charge in [0.2, 0.25) is 0 Å². The minimum absolute atomic E-state index is 0.433. The Kier molecular flexibility index (Phi) is 5.83. The van der Waals surface area contributed by atoms with E-state index in [1.807, 2.05) is 11.3 Å². The van der Waals surface area contributed by atoms with Crippen molar-refractivity contribution in [3.8, 4) is 0 Å². The molecule has 0 spiro atoms. The molecule has 0 saturated heterocycles. The van der Waals surface area contributed by atoms with Gasteiger partial charge < -0.3 is 10.2 Å². The molecule has 2 nitrogen and oxygen atoms in total. The van der Waals surface area contributed by atoms with Crippen molar-refractivity contribution in [2.75, 3.05) is 20.6 Å². The Morgan fingerprint density at radius 2 is 1.83 bits per heavy atom. The lowest BCUT2D eigenvalue weighted by atomic mass is 10.0. The van der Waals surface area contributed by atoms with E-state index in [-0.39, 0.29) is 0 Å². The lowest BCUT2D eigenvalue weighted by Crippen LogP contribution is -2.43. The number of aryl methyl sites for hydroxylation is 2. The molecule has 18 heavy (non-hydrogen) atoms. The predicted octanol–water partition coefficient (Wildman–Crippen LogP) is 3.60. The van der Waals surface area contributed by atoms with Crippen LogP contribution < -0.4 is 5.32 Å².